The van der Waals surface area contributed by atoms with Gasteiger partial charge in [0.2, 0.25) is 0 Å². The van der Waals surface area contributed by atoms with Crippen LogP contribution in [-0.4, -0.2) is 32.9 Å². The molecule has 1 aromatic heterocycles. The molecule has 3 N–H and O–H groups in total. The molecule has 176 valence electrons. The van der Waals surface area contributed by atoms with Crippen LogP contribution in [0, 0.1) is 0 Å². The molecule has 0 aliphatic heterocycles. The summed E-state index contributed by atoms with van der Waals surface area (Å²) in [6.45, 7) is 8.18. The largest absolute Gasteiger partial charge is 0.460 e. The molecule has 6 nitrogen and oxygen atoms in total. The number of carbonyl (C=O) groups is 2. The highest BCUT2D eigenvalue weighted by atomic mass is 32.2. The van der Waals surface area contributed by atoms with Crippen molar-refractivity contribution < 1.29 is 19.4 Å². The van der Waals surface area contributed by atoms with Crippen LogP contribution in [0.3, 0.4) is 0 Å². The number of aliphatic hydroxyl groups is 1. The van der Waals surface area contributed by atoms with E-state index < -0.39 is 17.6 Å². The van der Waals surface area contributed by atoms with Crippen molar-refractivity contribution in [3.05, 3.63) is 65.4 Å². The number of amides is 1. The number of primary amides is 1. The van der Waals surface area contributed by atoms with Gasteiger partial charge >= 0.3 is 5.97 Å². The van der Waals surface area contributed by atoms with Crippen LogP contribution in [-0.2, 0) is 27.3 Å². The fourth-order valence-electron chi connectivity index (χ4n) is 3.92. The third kappa shape index (κ3) is 6.18. The first-order valence-electron chi connectivity index (χ1n) is 11.1. The minimum Gasteiger partial charge on any atom is -0.460 e. The first kappa shape index (κ1) is 24.9. The van der Waals surface area contributed by atoms with Gasteiger partial charge < -0.3 is 20.1 Å². The summed E-state index contributed by atoms with van der Waals surface area (Å²) >= 11 is 1.54. The Morgan fingerprint density at radius 2 is 1.85 bits per heavy atom. The molecule has 2 aromatic carbocycles. The molecular formula is C26H32N2O4S. The van der Waals surface area contributed by atoms with Crippen LogP contribution in [0.1, 0.15) is 57.0 Å². The second kappa shape index (κ2) is 10.4. The molecule has 0 saturated heterocycles. The highest BCUT2D eigenvalue weighted by Crippen LogP contribution is 2.35. The molecular weight excluding hydrogens is 436 g/mol. The Balaban J connectivity index is 1.95. The van der Waals surface area contributed by atoms with E-state index in [2.05, 4.69) is 16.7 Å². The van der Waals surface area contributed by atoms with E-state index >= 15 is 0 Å². The van der Waals surface area contributed by atoms with Gasteiger partial charge in [0.15, 0.2) is 6.10 Å². The van der Waals surface area contributed by atoms with E-state index in [1.807, 2.05) is 64.1 Å². The Kier molecular flexibility index (Phi) is 7.87. The maximum atomic E-state index is 12.0. The summed E-state index contributed by atoms with van der Waals surface area (Å²) in [5.74, 6) is -0.436. The normalized spacial score (nSPS) is 12.6. The van der Waals surface area contributed by atoms with Gasteiger partial charge in [0.25, 0.3) is 5.91 Å². The highest BCUT2D eigenvalue weighted by Gasteiger charge is 2.25. The van der Waals surface area contributed by atoms with Gasteiger partial charge in [0.1, 0.15) is 5.60 Å². The lowest BCUT2D eigenvalue weighted by molar-refractivity contribution is -0.154. The number of hydrogen-bond acceptors (Lipinski definition) is 5. The number of aromatic nitrogens is 1. The Labute approximate surface area is 199 Å². The fourth-order valence-corrected chi connectivity index (χ4v) is 4.79. The molecule has 3 aromatic rings. The van der Waals surface area contributed by atoms with Gasteiger partial charge in [-0.25, -0.2) is 0 Å². The molecule has 33 heavy (non-hydrogen) atoms. The summed E-state index contributed by atoms with van der Waals surface area (Å²) < 4.78 is 7.51. The van der Waals surface area contributed by atoms with Gasteiger partial charge in [-0.3, -0.25) is 9.59 Å². The van der Waals surface area contributed by atoms with Crippen molar-refractivity contribution >= 4 is 34.5 Å². The standard InChI is InChI=1S/C26H32N2O4S/c1-5-20-23(24(30)25(27)31)19-15-18(33-14-13-22(29)32-26(2,3)4)11-12-21(19)28(20)16-17-9-7-6-8-10-17/h6-12,15,24,30H,5,13-14,16H2,1-4H3,(H2,27,31). The number of aliphatic hydroxyl groups excluding tert-OH is 1. The maximum Gasteiger partial charge on any atom is 0.307 e. The Bertz CT molecular complexity index is 1130. The third-order valence-corrected chi connectivity index (χ3v) is 6.24. The van der Waals surface area contributed by atoms with Crippen molar-refractivity contribution in [1.82, 2.24) is 4.57 Å². The molecule has 0 radical (unpaired) electrons. The van der Waals surface area contributed by atoms with Gasteiger partial charge in [-0.1, -0.05) is 37.3 Å². The molecule has 1 amide bonds. The van der Waals surface area contributed by atoms with Crippen molar-refractivity contribution in [3.8, 4) is 0 Å². The summed E-state index contributed by atoms with van der Waals surface area (Å²) in [5.41, 5.74) is 8.49. The molecule has 1 heterocycles. The van der Waals surface area contributed by atoms with Crippen molar-refractivity contribution in [2.75, 3.05) is 5.75 Å². The van der Waals surface area contributed by atoms with Gasteiger partial charge in [-0.2, -0.15) is 0 Å². The van der Waals surface area contributed by atoms with Crippen molar-refractivity contribution in [1.29, 1.82) is 0 Å². The first-order chi connectivity index (χ1) is 15.6. The van der Waals surface area contributed by atoms with E-state index in [1.54, 1.807) is 0 Å². The van der Waals surface area contributed by atoms with E-state index in [-0.39, 0.29) is 5.97 Å². The second-order valence-electron chi connectivity index (χ2n) is 8.95. The molecule has 1 atom stereocenters. The number of nitrogens with two attached hydrogens (primary N) is 1. The number of nitrogens with zero attached hydrogens (tertiary/aromatic N) is 1. The molecule has 3 rings (SSSR count). The average molecular weight is 469 g/mol. The lowest BCUT2D eigenvalue weighted by Gasteiger charge is -2.19. The van der Waals surface area contributed by atoms with Crippen LogP contribution in [0.5, 0.6) is 0 Å². The molecule has 0 saturated carbocycles. The minimum absolute atomic E-state index is 0.233. The van der Waals surface area contributed by atoms with E-state index in [0.29, 0.717) is 30.7 Å². The SMILES string of the molecule is CCc1c(C(O)C(N)=O)c2cc(SCCC(=O)OC(C)(C)C)ccc2n1Cc1ccccc1. The third-order valence-electron chi connectivity index (χ3n) is 5.24. The number of benzene rings is 2. The fraction of sp³-hybridized carbons (Fsp3) is 0.385. The van der Waals surface area contributed by atoms with E-state index in [1.165, 1.54) is 11.8 Å². The van der Waals surface area contributed by atoms with Crippen LogP contribution in [0.2, 0.25) is 0 Å². The number of ether oxygens (including phenoxy) is 1. The molecule has 0 bridgehead atoms. The predicted octanol–water partition coefficient (Wildman–Crippen LogP) is 4.59. The van der Waals surface area contributed by atoms with Gasteiger partial charge in [-0.05, 0) is 51.0 Å². The number of hydrogen-bond donors (Lipinski definition) is 2. The minimum atomic E-state index is -1.39. The number of carbonyl (C=O) groups excluding carboxylic acids is 2. The zero-order valence-corrected chi connectivity index (χ0v) is 20.4. The zero-order chi connectivity index (χ0) is 24.2. The maximum absolute atomic E-state index is 12.0. The Hall–Kier alpha value is -2.77. The molecule has 0 aliphatic rings. The molecule has 1 unspecified atom stereocenters. The smallest absolute Gasteiger partial charge is 0.307 e. The van der Waals surface area contributed by atoms with Gasteiger partial charge in [0, 0.05) is 39.4 Å². The summed E-state index contributed by atoms with van der Waals surface area (Å²) in [7, 11) is 0. The van der Waals surface area contributed by atoms with Crippen molar-refractivity contribution in [3.63, 3.8) is 0 Å². The first-order valence-corrected chi connectivity index (χ1v) is 12.1. The zero-order valence-electron chi connectivity index (χ0n) is 19.6. The number of thioether (sulfide) groups is 1. The van der Waals surface area contributed by atoms with Crippen LogP contribution in [0.15, 0.2) is 53.4 Å². The lowest BCUT2D eigenvalue weighted by Crippen LogP contribution is -2.23. The molecule has 0 spiro atoms. The monoisotopic (exact) mass is 468 g/mol. The second-order valence-corrected chi connectivity index (χ2v) is 10.1. The van der Waals surface area contributed by atoms with Crippen LogP contribution in [0.25, 0.3) is 10.9 Å². The number of fused-ring (bicyclic) bond motifs is 1. The molecule has 0 aliphatic carbocycles. The quantitative estimate of drug-likeness (QED) is 0.354. The van der Waals surface area contributed by atoms with Crippen LogP contribution < -0.4 is 5.73 Å². The summed E-state index contributed by atoms with van der Waals surface area (Å²) in [6.07, 6.45) is -0.449. The topological polar surface area (TPSA) is 94.6 Å². The number of esters is 1. The lowest BCUT2D eigenvalue weighted by atomic mass is 10.0. The summed E-state index contributed by atoms with van der Waals surface area (Å²) in [4.78, 5) is 24.9. The number of rotatable bonds is 9. The van der Waals surface area contributed by atoms with Crippen molar-refractivity contribution in [2.45, 2.75) is 63.7 Å². The van der Waals surface area contributed by atoms with Gasteiger partial charge in [0.05, 0.1) is 6.42 Å². The summed E-state index contributed by atoms with van der Waals surface area (Å²) in [5, 5.41) is 11.5. The van der Waals surface area contributed by atoms with Gasteiger partial charge in [-0.15, -0.1) is 11.8 Å². The molecule has 0 fully saturated rings. The van der Waals surface area contributed by atoms with E-state index in [0.717, 1.165) is 27.1 Å². The van der Waals surface area contributed by atoms with Crippen molar-refractivity contribution in [2.24, 2.45) is 5.73 Å². The Morgan fingerprint density at radius 3 is 2.45 bits per heavy atom. The van der Waals surface area contributed by atoms with Crippen LogP contribution >= 0.6 is 11.8 Å². The molecule has 7 heteroatoms. The van der Waals surface area contributed by atoms with E-state index in [4.69, 9.17) is 10.5 Å². The predicted molar refractivity (Wildman–Crippen MR) is 132 cm³/mol. The highest BCUT2D eigenvalue weighted by molar-refractivity contribution is 7.99. The summed E-state index contributed by atoms with van der Waals surface area (Å²) in [6, 6.07) is 16.0. The van der Waals surface area contributed by atoms with E-state index in [9.17, 15) is 14.7 Å². The average Bonchev–Trinajstić information content (AvgIpc) is 3.05. The van der Waals surface area contributed by atoms with Crippen LogP contribution in [0.4, 0.5) is 0 Å². The Morgan fingerprint density at radius 1 is 1.15 bits per heavy atom.